The van der Waals surface area contributed by atoms with Gasteiger partial charge in [0.15, 0.2) is 0 Å². The van der Waals surface area contributed by atoms with Gasteiger partial charge in [0.1, 0.15) is 0 Å². The van der Waals surface area contributed by atoms with Crippen molar-refractivity contribution in [2.75, 3.05) is 0 Å². The fourth-order valence-electron chi connectivity index (χ4n) is 2.99. The lowest BCUT2D eigenvalue weighted by molar-refractivity contribution is 0.245. The highest BCUT2D eigenvalue weighted by atomic mass is 15.3. The molecule has 0 spiro atoms. The summed E-state index contributed by atoms with van der Waals surface area (Å²) in [6, 6.07) is 0.312. The van der Waals surface area contributed by atoms with Crippen LogP contribution in [0.3, 0.4) is 0 Å². The van der Waals surface area contributed by atoms with Gasteiger partial charge in [-0.2, -0.15) is 5.10 Å². The van der Waals surface area contributed by atoms with Crippen LogP contribution in [0.2, 0.25) is 0 Å². The van der Waals surface area contributed by atoms with Gasteiger partial charge in [0, 0.05) is 18.8 Å². The van der Waals surface area contributed by atoms with Gasteiger partial charge in [-0.3, -0.25) is 4.68 Å². The Hall–Kier alpha value is -0.830. The van der Waals surface area contributed by atoms with E-state index in [1.807, 2.05) is 10.9 Å². The molecule has 1 saturated carbocycles. The Labute approximate surface area is 104 Å². The van der Waals surface area contributed by atoms with Crippen molar-refractivity contribution < 1.29 is 0 Å². The molecule has 3 heteroatoms. The SMILES string of the molecule is CCn1cc(CC(N)C2CCCC(C)C2)cn1. The van der Waals surface area contributed by atoms with Crippen LogP contribution in [0.25, 0.3) is 0 Å². The molecule has 3 nitrogen and oxygen atoms in total. The van der Waals surface area contributed by atoms with Crippen molar-refractivity contribution in [1.29, 1.82) is 0 Å². The molecule has 17 heavy (non-hydrogen) atoms. The van der Waals surface area contributed by atoms with Crippen molar-refractivity contribution in [3.8, 4) is 0 Å². The maximum atomic E-state index is 6.36. The van der Waals surface area contributed by atoms with Crippen molar-refractivity contribution >= 4 is 0 Å². The average Bonchev–Trinajstić information content (AvgIpc) is 2.77. The molecule has 0 aliphatic heterocycles. The monoisotopic (exact) mass is 235 g/mol. The third-order valence-corrected chi connectivity index (χ3v) is 4.06. The standard InChI is InChI=1S/C14H25N3/c1-3-17-10-12(9-16-17)8-14(15)13-6-4-5-11(2)7-13/h9-11,13-14H,3-8,15H2,1-2H3. The molecule has 2 N–H and O–H groups in total. The molecule has 3 unspecified atom stereocenters. The van der Waals surface area contributed by atoms with Crippen LogP contribution in [0.1, 0.15) is 45.1 Å². The zero-order valence-electron chi connectivity index (χ0n) is 11.1. The summed E-state index contributed by atoms with van der Waals surface area (Å²) in [5.41, 5.74) is 7.65. The van der Waals surface area contributed by atoms with E-state index < -0.39 is 0 Å². The van der Waals surface area contributed by atoms with E-state index >= 15 is 0 Å². The minimum atomic E-state index is 0.312. The van der Waals surface area contributed by atoms with Gasteiger partial charge < -0.3 is 5.73 Å². The number of hydrogen-bond donors (Lipinski definition) is 1. The van der Waals surface area contributed by atoms with Crippen LogP contribution in [0.5, 0.6) is 0 Å². The Morgan fingerprint density at radius 2 is 2.35 bits per heavy atom. The molecule has 1 aliphatic rings. The van der Waals surface area contributed by atoms with Gasteiger partial charge in [-0.1, -0.05) is 19.8 Å². The number of nitrogens with zero attached hydrogens (tertiary/aromatic N) is 2. The van der Waals surface area contributed by atoms with Gasteiger partial charge in [-0.25, -0.2) is 0 Å². The topological polar surface area (TPSA) is 43.8 Å². The number of rotatable bonds is 4. The molecule has 1 aromatic heterocycles. The lowest BCUT2D eigenvalue weighted by Gasteiger charge is -2.31. The Bertz CT molecular complexity index is 345. The fourth-order valence-corrected chi connectivity index (χ4v) is 2.99. The van der Waals surface area contributed by atoms with E-state index in [-0.39, 0.29) is 0 Å². The number of aryl methyl sites for hydroxylation is 1. The molecule has 0 saturated heterocycles. The number of hydrogen-bond acceptors (Lipinski definition) is 2. The van der Waals surface area contributed by atoms with Crippen molar-refractivity contribution in [1.82, 2.24) is 9.78 Å². The van der Waals surface area contributed by atoms with E-state index in [4.69, 9.17) is 5.73 Å². The summed E-state index contributed by atoms with van der Waals surface area (Å²) in [6.07, 6.45) is 10.4. The van der Waals surface area contributed by atoms with Crippen LogP contribution in [0.4, 0.5) is 0 Å². The molecular weight excluding hydrogens is 210 g/mol. The molecule has 1 fully saturated rings. The molecule has 1 aromatic rings. The maximum absolute atomic E-state index is 6.36. The predicted molar refractivity (Wildman–Crippen MR) is 70.7 cm³/mol. The van der Waals surface area contributed by atoms with Crippen LogP contribution >= 0.6 is 0 Å². The Morgan fingerprint density at radius 1 is 1.53 bits per heavy atom. The van der Waals surface area contributed by atoms with Gasteiger partial charge >= 0.3 is 0 Å². The summed E-state index contributed by atoms with van der Waals surface area (Å²) >= 11 is 0. The second-order valence-corrected chi connectivity index (χ2v) is 5.60. The van der Waals surface area contributed by atoms with Crippen LogP contribution < -0.4 is 5.73 Å². The molecule has 0 aromatic carbocycles. The smallest absolute Gasteiger partial charge is 0.0522 e. The quantitative estimate of drug-likeness (QED) is 0.871. The minimum Gasteiger partial charge on any atom is -0.327 e. The van der Waals surface area contributed by atoms with E-state index in [0.29, 0.717) is 12.0 Å². The highest BCUT2D eigenvalue weighted by Crippen LogP contribution is 2.31. The van der Waals surface area contributed by atoms with Crippen molar-refractivity contribution in [2.24, 2.45) is 17.6 Å². The summed E-state index contributed by atoms with van der Waals surface area (Å²) in [6.45, 7) is 5.41. The second-order valence-electron chi connectivity index (χ2n) is 5.60. The first-order valence-corrected chi connectivity index (χ1v) is 6.96. The highest BCUT2D eigenvalue weighted by Gasteiger charge is 2.24. The summed E-state index contributed by atoms with van der Waals surface area (Å²) < 4.78 is 1.98. The van der Waals surface area contributed by atoms with Crippen LogP contribution in [-0.2, 0) is 13.0 Å². The fraction of sp³-hybridized carbons (Fsp3) is 0.786. The Morgan fingerprint density at radius 3 is 3.00 bits per heavy atom. The molecule has 0 amide bonds. The van der Waals surface area contributed by atoms with E-state index in [0.717, 1.165) is 18.9 Å². The zero-order chi connectivity index (χ0) is 12.3. The lowest BCUT2D eigenvalue weighted by Crippen LogP contribution is -2.35. The van der Waals surface area contributed by atoms with Crippen molar-refractivity contribution in [3.05, 3.63) is 18.0 Å². The molecule has 96 valence electrons. The summed E-state index contributed by atoms with van der Waals surface area (Å²) in [5, 5.41) is 4.31. The van der Waals surface area contributed by atoms with Crippen LogP contribution in [0.15, 0.2) is 12.4 Å². The van der Waals surface area contributed by atoms with Gasteiger partial charge in [-0.15, -0.1) is 0 Å². The molecule has 0 bridgehead atoms. The second kappa shape index (κ2) is 5.67. The van der Waals surface area contributed by atoms with Gasteiger partial charge in [0.05, 0.1) is 6.20 Å². The molecule has 3 atom stereocenters. The largest absolute Gasteiger partial charge is 0.327 e. The van der Waals surface area contributed by atoms with E-state index in [2.05, 4.69) is 25.1 Å². The minimum absolute atomic E-state index is 0.312. The Kier molecular flexibility index (Phi) is 4.21. The van der Waals surface area contributed by atoms with Crippen molar-refractivity contribution in [3.63, 3.8) is 0 Å². The normalized spacial score (nSPS) is 27.0. The van der Waals surface area contributed by atoms with E-state index in [1.54, 1.807) is 0 Å². The van der Waals surface area contributed by atoms with E-state index in [9.17, 15) is 0 Å². The number of nitrogens with two attached hydrogens (primary N) is 1. The van der Waals surface area contributed by atoms with Gasteiger partial charge in [-0.05, 0) is 43.6 Å². The third kappa shape index (κ3) is 3.32. The first kappa shape index (κ1) is 12.6. The molecular formula is C14H25N3. The predicted octanol–water partition coefficient (Wildman–Crippen LogP) is 2.60. The first-order chi connectivity index (χ1) is 8.19. The zero-order valence-corrected chi connectivity index (χ0v) is 11.1. The Balaban J connectivity index is 1.89. The molecule has 0 radical (unpaired) electrons. The van der Waals surface area contributed by atoms with Crippen LogP contribution in [0, 0.1) is 11.8 Å². The maximum Gasteiger partial charge on any atom is 0.0522 e. The van der Waals surface area contributed by atoms with Gasteiger partial charge in [0.25, 0.3) is 0 Å². The average molecular weight is 235 g/mol. The molecule has 1 heterocycles. The third-order valence-electron chi connectivity index (χ3n) is 4.06. The molecule has 1 aliphatic carbocycles. The summed E-state index contributed by atoms with van der Waals surface area (Å²) in [4.78, 5) is 0. The van der Waals surface area contributed by atoms with Crippen molar-refractivity contribution in [2.45, 2.75) is 58.5 Å². The highest BCUT2D eigenvalue weighted by molar-refractivity contribution is 5.06. The van der Waals surface area contributed by atoms with Crippen LogP contribution in [-0.4, -0.2) is 15.8 Å². The number of aromatic nitrogens is 2. The first-order valence-electron chi connectivity index (χ1n) is 6.96. The van der Waals surface area contributed by atoms with E-state index in [1.165, 1.54) is 31.2 Å². The lowest BCUT2D eigenvalue weighted by atomic mass is 9.77. The summed E-state index contributed by atoms with van der Waals surface area (Å²) in [7, 11) is 0. The molecule has 2 rings (SSSR count). The van der Waals surface area contributed by atoms with Gasteiger partial charge in [0.2, 0.25) is 0 Å². The summed E-state index contributed by atoms with van der Waals surface area (Å²) in [5.74, 6) is 1.57.